The number of benzene rings is 1. The third-order valence-corrected chi connectivity index (χ3v) is 6.57. The van der Waals surface area contributed by atoms with Crippen LogP contribution in [0.1, 0.15) is 33.4 Å². The van der Waals surface area contributed by atoms with E-state index in [1.54, 1.807) is 51.4 Å². The van der Waals surface area contributed by atoms with E-state index in [4.69, 9.17) is 4.74 Å². The lowest BCUT2D eigenvalue weighted by molar-refractivity contribution is -0.124. The molecule has 0 radical (unpaired) electrons. The van der Waals surface area contributed by atoms with Gasteiger partial charge in [-0.25, -0.2) is 14.2 Å². The number of hydrogen-bond donors (Lipinski definition) is 0. The number of amides is 1. The summed E-state index contributed by atoms with van der Waals surface area (Å²) in [5.41, 5.74) is 0.736. The minimum Gasteiger partial charge on any atom is -0.438 e. The first kappa shape index (κ1) is 25.0. The van der Waals surface area contributed by atoms with E-state index in [0.717, 1.165) is 12.2 Å². The maximum atomic E-state index is 13.1. The maximum absolute atomic E-state index is 13.1. The van der Waals surface area contributed by atoms with Gasteiger partial charge in [0.15, 0.2) is 0 Å². The lowest BCUT2D eigenvalue weighted by atomic mass is 9.96. The molecular formula is C22H29BrN4O3S. The predicted octanol–water partition coefficient (Wildman–Crippen LogP) is 5.59. The molecule has 0 aliphatic rings. The maximum Gasteiger partial charge on any atom is 0.259 e. The van der Waals surface area contributed by atoms with Crippen molar-refractivity contribution in [3.05, 3.63) is 40.5 Å². The molecule has 0 bridgehead atoms. The number of carbonyl (C=O) groups is 1. The zero-order valence-electron chi connectivity index (χ0n) is 19.0. The Morgan fingerprint density at radius 3 is 2.61 bits per heavy atom. The van der Waals surface area contributed by atoms with Gasteiger partial charge in [-0.3, -0.25) is 4.79 Å². The van der Waals surface area contributed by atoms with Crippen molar-refractivity contribution in [3.8, 4) is 11.6 Å². The topological polar surface area (TPSA) is 84.2 Å². The largest absolute Gasteiger partial charge is 0.438 e. The summed E-state index contributed by atoms with van der Waals surface area (Å²) in [6.45, 7) is 9.97. The molecule has 1 heterocycles. The molecule has 0 aliphatic carbocycles. The van der Waals surface area contributed by atoms with Gasteiger partial charge in [0.2, 0.25) is 5.88 Å². The summed E-state index contributed by atoms with van der Waals surface area (Å²) < 4.78 is 23.6. The summed E-state index contributed by atoms with van der Waals surface area (Å²) in [4.78, 5) is 23.6. The van der Waals surface area contributed by atoms with Crippen LogP contribution in [0.2, 0.25) is 0 Å². The normalized spacial score (nSPS) is 13.7. The highest BCUT2D eigenvalue weighted by Crippen LogP contribution is 2.33. The van der Waals surface area contributed by atoms with Crippen LogP contribution in [-0.4, -0.2) is 46.2 Å². The summed E-state index contributed by atoms with van der Waals surface area (Å²) in [5, 5.41) is 0. The van der Waals surface area contributed by atoms with Crippen LogP contribution >= 0.6 is 15.9 Å². The molecule has 0 N–H and O–H groups in total. The number of nitrogens with zero attached hydrogens (tertiary/aromatic N) is 4. The average Bonchev–Trinajstić information content (AvgIpc) is 2.68. The van der Waals surface area contributed by atoms with Crippen molar-refractivity contribution in [2.45, 2.75) is 39.5 Å². The summed E-state index contributed by atoms with van der Waals surface area (Å²) in [6.07, 6.45) is 3.20. The first-order valence-corrected chi connectivity index (χ1v) is 12.5. The molecular weight excluding hydrogens is 480 g/mol. The fraction of sp³-hybridized carbons (Fsp3) is 0.409. The van der Waals surface area contributed by atoms with Gasteiger partial charge in [0.05, 0.1) is 36.8 Å². The number of pyridine rings is 1. The molecule has 1 unspecified atom stereocenters. The van der Waals surface area contributed by atoms with Crippen molar-refractivity contribution in [2.24, 2.45) is 14.8 Å². The second-order valence-electron chi connectivity index (χ2n) is 8.22. The molecule has 1 amide bonds. The number of aromatic nitrogens is 1. The SMILES string of the molecule is CCN(C)/C=N/c1cc(Br)c(Oc2cccc(S(C)(=O)=NC(=O)C(C)(C)C)c2)nc1C. The van der Waals surface area contributed by atoms with Crippen molar-refractivity contribution in [3.63, 3.8) is 0 Å². The molecule has 0 aliphatic heterocycles. The van der Waals surface area contributed by atoms with E-state index in [-0.39, 0.29) is 0 Å². The number of hydrogen-bond acceptors (Lipinski definition) is 5. The fourth-order valence-corrected chi connectivity index (χ4v) is 3.97. The van der Waals surface area contributed by atoms with E-state index in [0.29, 0.717) is 26.7 Å². The van der Waals surface area contributed by atoms with Gasteiger partial charge in [0, 0.05) is 25.3 Å². The number of halogens is 1. The Labute approximate surface area is 193 Å². The highest BCUT2D eigenvalue weighted by atomic mass is 79.9. The Balaban J connectivity index is 2.34. The number of carbonyl (C=O) groups excluding carboxylic acids is 1. The molecule has 1 aromatic heterocycles. The van der Waals surface area contributed by atoms with Crippen molar-refractivity contribution in [2.75, 3.05) is 19.8 Å². The number of aryl methyl sites for hydroxylation is 1. The van der Waals surface area contributed by atoms with Gasteiger partial charge in [-0.2, -0.15) is 4.36 Å². The molecule has 168 valence electrons. The van der Waals surface area contributed by atoms with E-state index in [1.165, 1.54) is 6.26 Å². The minimum absolute atomic E-state index is 0.364. The van der Waals surface area contributed by atoms with Crippen LogP contribution in [0, 0.1) is 12.3 Å². The second-order valence-corrected chi connectivity index (χ2v) is 11.3. The number of rotatable bonds is 6. The van der Waals surface area contributed by atoms with Gasteiger partial charge in [-0.05, 0) is 54.0 Å². The van der Waals surface area contributed by atoms with Gasteiger partial charge >= 0.3 is 0 Å². The predicted molar refractivity (Wildman–Crippen MR) is 129 cm³/mol. The van der Waals surface area contributed by atoms with Crippen molar-refractivity contribution < 1.29 is 13.7 Å². The van der Waals surface area contributed by atoms with Gasteiger partial charge in [0.25, 0.3) is 5.91 Å². The lowest BCUT2D eigenvalue weighted by Gasteiger charge is -2.14. The molecule has 31 heavy (non-hydrogen) atoms. The average molecular weight is 509 g/mol. The summed E-state index contributed by atoms with van der Waals surface area (Å²) >= 11 is 3.48. The van der Waals surface area contributed by atoms with Gasteiger partial charge in [-0.15, -0.1) is 0 Å². The fourth-order valence-electron chi connectivity index (χ4n) is 2.23. The first-order valence-electron chi connectivity index (χ1n) is 9.79. The number of ether oxygens (including phenoxy) is 1. The Hall–Kier alpha value is -2.26. The van der Waals surface area contributed by atoms with E-state index in [1.807, 2.05) is 31.9 Å². The highest BCUT2D eigenvalue weighted by Gasteiger charge is 2.23. The Bertz CT molecular complexity index is 1120. The van der Waals surface area contributed by atoms with E-state index >= 15 is 0 Å². The minimum atomic E-state index is -2.91. The van der Waals surface area contributed by atoms with Crippen LogP contribution < -0.4 is 4.74 Å². The molecule has 1 aromatic carbocycles. The monoisotopic (exact) mass is 508 g/mol. The van der Waals surface area contributed by atoms with E-state index < -0.39 is 21.1 Å². The van der Waals surface area contributed by atoms with Gasteiger partial charge < -0.3 is 9.64 Å². The van der Waals surface area contributed by atoms with Crippen LogP contribution in [0.25, 0.3) is 0 Å². The van der Waals surface area contributed by atoms with Gasteiger partial charge in [0.1, 0.15) is 5.75 Å². The third kappa shape index (κ3) is 6.87. The highest BCUT2D eigenvalue weighted by molar-refractivity contribution is 9.10. The molecule has 0 saturated carbocycles. The zero-order valence-corrected chi connectivity index (χ0v) is 21.4. The first-order chi connectivity index (χ1) is 14.3. The quantitative estimate of drug-likeness (QED) is 0.375. The Morgan fingerprint density at radius 2 is 2.00 bits per heavy atom. The van der Waals surface area contributed by atoms with E-state index in [2.05, 4.69) is 30.3 Å². The number of aliphatic imine (C=N–C) groups is 1. The standard InChI is InChI=1S/C22H29BrN4O3S/c1-8-27(6)14-24-19-13-18(23)20(25-15(19)2)30-16-10-9-11-17(12-16)31(7,29)26-21(28)22(3,4)5/h9-14H,8H2,1-7H3/b24-14+. The Kier molecular flexibility index (Phi) is 7.99. The van der Waals surface area contributed by atoms with Crippen LogP contribution in [0.5, 0.6) is 11.6 Å². The van der Waals surface area contributed by atoms with Crippen LogP contribution in [0.4, 0.5) is 5.69 Å². The molecule has 0 spiro atoms. The van der Waals surface area contributed by atoms with Crippen LogP contribution in [0.3, 0.4) is 0 Å². The molecule has 7 nitrogen and oxygen atoms in total. The molecule has 9 heteroatoms. The smallest absolute Gasteiger partial charge is 0.259 e. The third-order valence-electron chi connectivity index (χ3n) is 4.36. The van der Waals surface area contributed by atoms with Crippen LogP contribution in [-0.2, 0) is 14.5 Å². The zero-order chi connectivity index (χ0) is 23.4. The molecule has 2 rings (SSSR count). The molecule has 2 aromatic rings. The molecule has 0 saturated heterocycles. The van der Waals surface area contributed by atoms with Gasteiger partial charge in [-0.1, -0.05) is 26.8 Å². The van der Waals surface area contributed by atoms with Crippen molar-refractivity contribution in [1.29, 1.82) is 0 Å². The summed E-state index contributed by atoms with van der Waals surface area (Å²) in [7, 11) is -0.968. The lowest BCUT2D eigenvalue weighted by Crippen LogP contribution is -2.19. The van der Waals surface area contributed by atoms with Crippen LogP contribution in [0.15, 0.2) is 49.1 Å². The second kappa shape index (κ2) is 9.91. The summed E-state index contributed by atoms with van der Waals surface area (Å²) in [5.74, 6) is 0.402. The van der Waals surface area contributed by atoms with Crippen molar-refractivity contribution >= 4 is 43.6 Å². The molecule has 0 fully saturated rings. The van der Waals surface area contributed by atoms with E-state index in [9.17, 15) is 9.00 Å². The Morgan fingerprint density at radius 1 is 1.32 bits per heavy atom. The molecule has 1 atom stereocenters. The van der Waals surface area contributed by atoms with Crippen molar-refractivity contribution in [1.82, 2.24) is 9.88 Å². The summed E-state index contributed by atoms with van der Waals surface area (Å²) in [6, 6.07) is 8.57.